The van der Waals surface area contributed by atoms with Crippen molar-refractivity contribution in [2.45, 2.75) is 72.1 Å². The molecule has 0 unspecified atom stereocenters. The van der Waals surface area contributed by atoms with Crippen LogP contribution >= 0.6 is 0 Å². The number of hydrogen-bond donors (Lipinski definition) is 0. The third-order valence-corrected chi connectivity index (χ3v) is 4.18. The van der Waals surface area contributed by atoms with Crippen molar-refractivity contribution >= 4 is 5.97 Å². The van der Waals surface area contributed by atoms with Crippen LogP contribution in [-0.4, -0.2) is 65.4 Å². The Bertz CT molecular complexity index is 322. The summed E-state index contributed by atoms with van der Waals surface area (Å²) in [6, 6.07) is 0. The molecule has 0 aliphatic heterocycles. The van der Waals surface area contributed by atoms with Crippen LogP contribution in [0.25, 0.3) is 0 Å². The number of carbonyl (C=O) groups is 1. The minimum absolute atomic E-state index is 0.121. The summed E-state index contributed by atoms with van der Waals surface area (Å²) in [4.78, 5) is 11.6. The van der Waals surface area contributed by atoms with Crippen molar-refractivity contribution < 1.29 is 28.5 Å². The fourth-order valence-electron chi connectivity index (χ4n) is 2.57. The summed E-state index contributed by atoms with van der Waals surface area (Å²) in [6.45, 7) is 11.7. The fraction of sp³-hybridized carbons (Fsp3) is 0.955. The van der Waals surface area contributed by atoms with Crippen LogP contribution in [0.1, 0.15) is 72.1 Å². The Kier molecular flexibility index (Phi) is 22.0. The molecule has 0 rings (SSSR count). The van der Waals surface area contributed by atoms with E-state index in [1.807, 2.05) is 6.92 Å². The summed E-state index contributed by atoms with van der Waals surface area (Å²) in [5.74, 6) is 0.678. The van der Waals surface area contributed by atoms with Gasteiger partial charge in [-0.1, -0.05) is 46.0 Å². The Morgan fingerprint density at radius 2 is 1.18 bits per heavy atom. The summed E-state index contributed by atoms with van der Waals surface area (Å²) in [5, 5.41) is 0. The van der Waals surface area contributed by atoms with Crippen LogP contribution in [0.5, 0.6) is 0 Å². The summed E-state index contributed by atoms with van der Waals surface area (Å²) >= 11 is 0. The summed E-state index contributed by atoms with van der Waals surface area (Å²) in [7, 11) is 0. The Balaban J connectivity index is 3.15. The van der Waals surface area contributed by atoms with Crippen LogP contribution in [-0.2, 0) is 28.5 Å². The molecule has 0 saturated heterocycles. The Hall–Kier alpha value is -0.690. The number of ether oxygens (including phenoxy) is 5. The van der Waals surface area contributed by atoms with E-state index < -0.39 is 0 Å². The average molecular weight is 405 g/mol. The molecule has 0 aliphatic carbocycles. The molecular formula is C22H44O6. The lowest BCUT2D eigenvalue weighted by atomic mass is 10.0. The fourth-order valence-corrected chi connectivity index (χ4v) is 2.57. The topological polar surface area (TPSA) is 63.2 Å². The number of carbonyl (C=O) groups excluding carboxylic acids is 1. The van der Waals surface area contributed by atoms with Gasteiger partial charge in [0.25, 0.3) is 0 Å². The van der Waals surface area contributed by atoms with E-state index in [1.165, 1.54) is 25.7 Å². The minimum Gasteiger partial charge on any atom is -0.466 e. The maximum Gasteiger partial charge on any atom is 0.305 e. The molecule has 0 aliphatic rings. The number of rotatable bonds is 22. The van der Waals surface area contributed by atoms with E-state index in [9.17, 15) is 4.79 Å². The Morgan fingerprint density at radius 1 is 0.643 bits per heavy atom. The number of unbranched alkanes of at least 4 members (excludes halogenated alkanes) is 4. The van der Waals surface area contributed by atoms with Crippen molar-refractivity contribution in [2.24, 2.45) is 5.92 Å². The highest BCUT2D eigenvalue weighted by molar-refractivity contribution is 5.69. The largest absolute Gasteiger partial charge is 0.466 e. The molecular weight excluding hydrogens is 360 g/mol. The molecule has 6 heteroatoms. The lowest BCUT2D eigenvalue weighted by Gasteiger charge is -2.07. The second-order valence-corrected chi connectivity index (χ2v) is 7.31. The smallest absolute Gasteiger partial charge is 0.305 e. The second-order valence-electron chi connectivity index (χ2n) is 7.31. The maximum atomic E-state index is 11.6. The third-order valence-electron chi connectivity index (χ3n) is 4.18. The molecule has 0 spiro atoms. The molecule has 0 aromatic carbocycles. The minimum atomic E-state index is -0.121. The molecule has 0 bridgehead atoms. The van der Waals surface area contributed by atoms with Crippen LogP contribution in [0.3, 0.4) is 0 Å². The molecule has 0 aromatic rings. The van der Waals surface area contributed by atoms with E-state index in [0.29, 0.717) is 72.3 Å². The van der Waals surface area contributed by atoms with Crippen molar-refractivity contribution in [3.05, 3.63) is 0 Å². The number of esters is 1. The highest BCUT2D eigenvalue weighted by Gasteiger charge is 2.02. The molecule has 0 aromatic heterocycles. The number of hydrogen-bond acceptors (Lipinski definition) is 6. The van der Waals surface area contributed by atoms with Gasteiger partial charge in [0.05, 0.1) is 46.2 Å². The van der Waals surface area contributed by atoms with Crippen molar-refractivity contribution in [1.29, 1.82) is 0 Å². The van der Waals surface area contributed by atoms with E-state index in [2.05, 4.69) is 13.8 Å². The van der Waals surface area contributed by atoms with E-state index in [4.69, 9.17) is 23.7 Å². The van der Waals surface area contributed by atoms with E-state index in [1.54, 1.807) is 0 Å². The molecule has 168 valence electrons. The van der Waals surface area contributed by atoms with Gasteiger partial charge in [0.15, 0.2) is 0 Å². The molecule has 0 heterocycles. The van der Waals surface area contributed by atoms with Crippen molar-refractivity contribution in [1.82, 2.24) is 0 Å². The molecule has 28 heavy (non-hydrogen) atoms. The SMILES string of the molecule is CCOCCOCCOCCOCCCC(=O)OCCCCCCCC(C)C. The first-order valence-electron chi connectivity index (χ1n) is 11.1. The highest BCUT2D eigenvalue weighted by Crippen LogP contribution is 2.10. The van der Waals surface area contributed by atoms with Gasteiger partial charge >= 0.3 is 5.97 Å². The quantitative estimate of drug-likeness (QED) is 0.197. The standard InChI is InChI=1S/C22H44O6/c1-4-24-15-16-26-19-20-27-18-17-25-13-10-12-22(23)28-14-9-7-5-6-8-11-21(2)3/h21H,4-20H2,1-3H3. The molecule has 6 nitrogen and oxygen atoms in total. The van der Waals surface area contributed by atoms with Crippen molar-refractivity contribution in [3.63, 3.8) is 0 Å². The third kappa shape index (κ3) is 23.3. The van der Waals surface area contributed by atoms with Gasteiger partial charge in [-0.15, -0.1) is 0 Å². The second kappa shape index (κ2) is 22.6. The lowest BCUT2D eigenvalue weighted by molar-refractivity contribution is -0.144. The van der Waals surface area contributed by atoms with Crippen LogP contribution in [0.4, 0.5) is 0 Å². The van der Waals surface area contributed by atoms with E-state index >= 15 is 0 Å². The summed E-state index contributed by atoms with van der Waals surface area (Å²) < 4.78 is 26.6. The molecule has 0 radical (unpaired) electrons. The lowest BCUT2D eigenvalue weighted by Crippen LogP contribution is -2.12. The Morgan fingerprint density at radius 3 is 1.79 bits per heavy atom. The van der Waals surface area contributed by atoms with Gasteiger partial charge < -0.3 is 23.7 Å². The monoisotopic (exact) mass is 404 g/mol. The van der Waals surface area contributed by atoms with E-state index in [0.717, 1.165) is 18.8 Å². The average Bonchev–Trinajstić information content (AvgIpc) is 2.67. The predicted molar refractivity (Wildman–Crippen MR) is 112 cm³/mol. The zero-order chi connectivity index (χ0) is 20.7. The normalized spacial score (nSPS) is 11.3. The molecule has 0 amide bonds. The molecule has 0 fully saturated rings. The van der Waals surface area contributed by atoms with Gasteiger partial charge in [0.1, 0.15) is 0 Å². The predicted octanol–water partition coefficient (Wildman–Crippen LogP) is 4.39. The summed E-state index contributed by atoms with van der Waals surface area (Å²) in [5.41, 5.74) is 0. The molecule has 0 saturated carbocycles. The van der Waals surface area contributed by atoms with Crippen LogP contribution < -0.4 is 0 Å². The molecule has 0 N–H and O–H groups in total. The maximum absolute atomic E-state index is 11.6. The van der Waals surface area contributed by atoms with Gasteiger partial charge in [-0.05, 0) is 25.7 Å². The van der Waals surface area contributed by atoms with Gasteiger partial charge in [-0.2, -0.15) is 0 Å². The van der Waals surface area contributed by atoms with Crippen LogP contribution in [0.2, 0.25) is 0 Å². The first kappa shape index (κ1) is 27.3. The van der Waals surface area contributed by atoms with Crippen LogP contribution in [0.15, 0.2) is 0 Å². The van der Waals surface area contributed by atoms with Crippen molar-refractivity contribution in [3.8, 4) is 0 Å². The van der Waals surface area contributed by atoms with Crippen LogP contribution in [0, 0.1) is 5.92 Å². The first-order chi connectivity index (χ1) is 13.7. The zero-order valence-corrected chi connectivity index (χ0v) is 18.5. The van der Waals surface area contributed by atoms with Crippen molar-refractivity contribution in [2.75, 3.05) is 59.5 Å². The van der Waals surface area contributed by atoms with Gasteiger partial charge in [-0.3, -0.25) is 4.79 Å². The Labute approximate surface area is 172 Å². The van der Waals surface area contributed by atoms with Gasteiger partial charge in [0.2, 0.25) is 0 Å². The molecule has 0 atom stereocenters. The van der Waals surface area contributed by atoms with E-state index in [-0.39, 0.29) is 5.97 Å². The zero-order valence-electron chi connectivity index (χ0n) is 18.5. The first-order valence-corrected chi connectivity index (χ1v) is 11.1. The van der Waals surface area contributed by atoms with Gasteiger partial charge in [-0.25, -0.2) is 0 Å². The van der Waals surface area contributed by atoms with Gasteiger partial charge in [0, 0.05) is 19.6 Å². The highest BCUT2D eigenvalue weighted by atomic mass is 16.6. The summed E-state index contributed by atoms with van der Waals surface area (Å²) in [6.07, 6.45) is 8.37.